The average molecular weight is 274 g/mol. The first-order valence-corrected chi connectivity index (χ1v) is 5.58. The highest BCUT2D eigenvalue weighted by Gasteiger charge is 2.10. The number of para-hydroxylation sites is 1. The van der Waals surface area contributed by atoms with Gasteiger partial charge in [0.05, 0.1) is 5.56 Å². The smallest absolute Gasteiger partial charge is 0.299 e. The average Bonchev–Trinajstić information content (AvgIpc) is 2.41. The Kier molecular flexibility index (Phi) is 3.80. The van der Waals surface area contributed by atoms with Gasteiger partial charge in [-0.05, 0) is 36.4 Å². The Labute approximate surface area is 113 Å². The van der Waals surface area contributed by atoms with Crippen molar-refractivity contribution in [1.82, 2.24) is 0 Å². The number of carbonyl (C=O) groups excluding carboxylic acids is 1. The molecule has 0 bridgehead atoms. The van der Waals surface area contributed by atoms with Gasteiger partial charge in [0.1, 0.15) is 11.5 Å². The molecule has 2 N–H and O–H groups in total. The van der Waals surface area contributed by atoms with Crippen molar-refractivity contribution in [3.8, 4) is 11.5 Å². The predicted molar refractivity (Wildman–Crippen MR) is 70.1 cm³/mol. The van der Waals surface area contributed by atoms with E-state index >= 15 is 0 Å². The Morgan fingerprint density at radius 1 is 1.15 bits per heavy atom. The lowest BCUT2D eigenvalue weighted by Crippen LogP contribution is -2.12. The molecular weight excluding hydrogens is 264 g/mol. The summed E-state index contributed by atoms with van der Waals surface area (Å²) in [5.74, 6) is -0.556. The van der Waals surface area contributed by atoms with E-state index in [0.29, 0.717) is 5.69 Å². The lowest BCUT2D eigenvalue weighted by molar-refractivity contribution is -0.711. The van der Waals surface area contributed by atoms with Crippen molar-refractivity contribution >= 4 is 11.6 Å². The van der Waals surface area contributed by atoms with E-state index in [2.05, 4.69) is 10.2 Å². The molecule has 2 aromatic rings. The van der Waals surface area contributed by atoms with Crippen molar-refractivity contribution in [1.29, 1.82) is 0 Å². The van der Waals surface area contributed by atoms with Gasteiger partial charge in [-0.1, -0.05) is 12.1 Å². The summed E-state index contributed by atoms with van der Waals surface area (Å²) < 4.78 is 0. The Balaban J connectivity index is 2.09. The van der Waals surface area contributed by atoms with E-state index in [1.165, 1.54) is 36.4 Å². The van der Waals surface area contributed by atoms with E-state index in [4.69, 9.17) is 0 Å². The third-order valence-corrected chi connectivity index (χ3v) is 2.44. The second-order valence-electron chi connectivity index (χ2n) is 3.81. The highest BCUT2D eigenvalue weighted by atomic mass is 17.0. The molecule has 0 saturated carbocycles. The lowest BCUT2D eigenvalue weighted by Gasteiger charge is -2.07. The third kappa shape index (κ3) is 3.22. The Morgan fingerprint density at radius 2 is 1.80 bits per heavy atom. The van der Waals surface area contributed by atoms with Gasteiger partial charge in [-0.2, -0.15) is 0 Å². The predicted octanol–water partition coefficient (Wildman–Crippen LogP) is 2.22. The first-order chi connectivity index (χ1) is 9.56. The standard InChI is InChI=1S/C13H10N2O5/c16-12-4-2-1-3-11(12)13(17)14-9-5-7-10(8-6-9)20-15(18)19/h1-8,16H,(H,14,17). The van der Waals surface area contributed by atoms with Gasteiger partial charge in [-0.3, -0.25) is 9.63 Å². The van der Waals surface area contributed by atoms with Crippen LogP contribution in [-0.4, -0.2) is 16.1 Å². The largest absolute Gasteiger partial charge is 0.507 e. The second kappa shape index (κ2) is 5.70. The number of nitrogens with one attached hydrogen (secondary N) is 1. The number of aromatic hydroxyl groups is 1. The molecule has 0 saturated heterocycles. The van der Waals surface area contributed by atoms with Crippen LogP contribution in [0.25, 0.3) is 0 Å². The number of phenols is 1. The van der Waals surface area contributed by atoms with Crippen LogP contribution in [-0.2, 0) is 0 Å². The number of hydrogen-bond acceptors (Lipinski definition) is 5. The topological polar surface area (TPSA) is 102 Å². The summed E-state index contributed by atoms with van der Waals surface area (Å²) >= 11 is 0. The quantitative estimate of drug-likeness (QED) is 0.657. The number of rotatable bonds is 4. The van der Waals surface area contributed by atoms with Gasteiger partial charge in [0.2, 0.25) is 0 Å². The molecule has 0 fully saturated rings. The maximum atomic E-state index is 11.9. The normalized spacial score (nSPS) is 9.80. The number of hydrogen-bond donors (Lipinski definition) is 2. The summed E-state index contributed by atoms with van der Waals surface area (Å²) in [7, 11) is 0. The fourth-order valence-corrected chi connectivity index (χ4v) is 1.55. The van der Waals surface area contributed by atoms with Gasteiger partial charge in [-0.25, -0.2) is 0 Å². The fraction of sp³-hybridized carbons (Fsp3) is 0. The molecule has 0 aliphatic rings. The van der Waals surface area contributed by atoms with Crippen LogP contribution in [0.15, 0.2) is 48.5 Å². The Morgan fingerprint density at radius 3 is 2.40 bits per heavy atom. The molecule has 0 unspecified atom stereocenters. The van der Waals surface area contributed by atoms with Crippen LogP contribution < -0.4 is 10.2 Å². The molecule has 7 nitrogen and oxygen atoms in total. The van der Waals surface area contributed by atoms with Crippen molar-refractivity contribution < 1.29 is 19.8 Å². The van der Waals surface area contributed by atoms with Gasteiger partial charge >= 0.3 is 0 Å². The Hall–Kier alpha value is -3.09. The number of phenolic OH excluding ortho intramolecular Hbond substituents is 1. The Bertz CT molecular complexity index is 639. The third-order valence-electron chi connectivity index (χ3n) is 2.44. The van der Waals surface area contributed by atoms with E-state index < -0.39 is 11.0 Å². The number of anilines is 1. The van der Waals surface area contributed by atoms with E-state index in [9.17, 15) is 20.0 Å². The van der Waals surface area contributed by atoms with Crippen molar-refractivity contribution in [3.63, 3.8) is 0 Å². The van der Waals surface area contributed by atoms with Crippen molar-refractivity contribution in [3.05, 3.63) is 64.2 Å². The molecule has 0 radical (unpaired) electrons. The summed E-state index contributed by atoms with van der Waals surface area (Å²) in [4.78, 5) is 26.3. The zero-order chi connectivity index (χ0) is 14.5. The maximum absolute atomic E-state index is 11.9. The summed E-state index contributed by atoms with van der Waals surface area (Å²) in [6, 6.07) is 11.7. The van der Waals surface area contributed by atoms with Crippen LogP contribution in [0.5, 0.6) is 11.5 Å². The molecule has 20 heavy (non-hydrogen) atoms. The summed E-state index contributed by atoms with van der Waals surface area (Å²) in [6.07, 6.45) is 0. The molecule has 2 rings (SSSR count). The van der Waals surface area contributed by atoms with Crippen molar-refractivity contribution in [2.24, 2.45) is 0 Å². The fourth-order valence-electron chi connectivity index (χ4n) is 1.55. The van der Waals surface area contributed by atoms with Crippen molar-refractivity contribution in [2.45, 2.75) is 0 Å². The van der Waals surface area contributed by atoms with Gasteiger partial charge < -0.3 is 10.4 Å². The molecule has 0 aromatic heterocycles. The number of benzene rings is 2. The molecule has 0 spiro atoms. The van der Waals surface area contributed by atoms with E-state index in [-0.39, 0.29) is 17.1 Å². The number of nitrogens with zero attached hydrogens (tertiary/aromatic N) is 1. The first-order valence-electron chi connectivity index (χ1n) is 5.58. The molecular formula is C13H10N2O5. The van der Waals surface area contributed by atoms with Crippen molar-refractivity contribution in [2.75, 3.05) is 5.32 Å². The minimum Gasteiger partial charge on any atom is -0.507 e. The molecule has 102 valence electrons. The van der Waals surface area contributed by atoms with Gasteiger partial charge in [0.25, 0.3) is 11.0 Å². The van der Waals surface area contributed by atoms with Crippen LogP contribution in [0, 0.1) is 10.1 Å². The zero-order valence-corrected chi connectivity index (χ0v) is 10.1. The molecule has 0 heterocycles. The summed E-state index contributed by atoms with van der Waals surface area (Å²) in [5.41, 5.74) is 0.562. The highest BCUT2D eigenvalue weighted by molar-refractivity contribution is 6.06. The molecule has 2 aromatic carbocycles. The number of carbonyl (C=O) groups is 1. The summed E-state index contributed by atoms with van der Waals surface area (Å²) in [5, 5.41) is 21.3. The summed E-state index contributed by atoms with van der Waals surface area (Å²) in [6.45, 7) is 0. The van der Waals surface area contributed by atoms with Crippen LogP contribution in [0.4, 0.5) is 5.69 Å². The minimum absolute atomic E-state index is 0.0514. The minimum atomic E-state index is -0.921. The van der Waals surface area contributed by atoms with Gasteiger partial charge in [0.15, 0.2) is 0 Å². The molecule has 0 aliphatic heterocycles. The van der Waals surface area contributed by atoms with Crippen LogP contribution in [0.3, 0.4) is 0 Å². The molecule has 7 heteroatoms. The van der Waals surface area contributed by atoms with Gasteiger partial charge in [0, 0.05) is 5.69 Å². The SMILES string of the molecule is O=C(Nc1ccc(O[N+](=O)[O-])cc1)c1ccccc1O. The first kappa shape index (κ1) is 13.3. The monoisotopic (exact) mass is 274 g/mol. The second-order valence-corrected chi connectivity index (χ2v) is 3.81. The zero-order valence-electron chi connectivity index (χ0n) is 10.1. The van der Waals surface area contributed by atoms with Crippen LogP contribution in [0.2, 0.25) is 0 Å². The van der Waals surface area contributed by atoms with Crippen LogP contribution >= 0.6 is 0 Å². The van der Waals surface area contributed by atoms with E-state index in [0.717, 1.165) is 0 Å². The lowest BCUT2D eigenvalue weighted by atomic mass is 10.2. The van der Waals surface area contributed by atoms with Crippen LogP contribution in [0.1, 0.15) is 10.4 Å². The highest BCUT2D eigenvalue weighted by Crippen LogP contribution is 2.19. The van der Waals surface area contributed by atoms with E-state index in [1.54, 1.807) is 12.1 Å². The molecule has 0 atom stereocenters. The number of amides is 1. The molecule has 1 amide bonds. The maximum Gasteiger partial charge on any atom is 0.299 e. The molecule has 0 aliphatic carbocycles. The van der Waals surface area contributed by atoms with E-state index in [1.807, 2.05) is 0 Å². The van der Waals surface area contributed by atoms with Gasteiger partial charge in [-0.15, -0.1) is 10.1 Å².